The van der Waals surface area contributed by atoms with Gasteiger partial charge in [0, 0.05) is 24.2 Å². The lowest BCUT2D eigenvalue weighted by atomic mass is 9.90. The number of aromatic hydroxyl groups is 2. The molecule has 0 atom stereocenters. The molecule has 4 N–H and O–H groups in total. The zero-order valence-corrected chi connectivity index (χ0v) is 22.8. The van der Waals surface area contributed by atoms with Crippen molar-refractivity contribution in [2.45, 2.75) is 51.4 Å². The van der Waals surface area contributed by atoms with E-state index >= 15 is 0 Å². The van der Waals surface area contributed by atoms with E-state index in [9.17, 15) is 19.8 Å². The molecule has 4 aromatic carbocycles. The van der Waals surface area contributed by atoms with E-state index in [0.717, 1.165) is 65.6 Å². The minimum absolute atomic E-state index is 0.0505. The van der Waals surface area contributed by atoms with Crippen LogP contribution >= 0.6 is 0 Å². The van der Waals surface area contributed by atoms with Crippen LogP contribution in [0, 0.1) is 0 Å². The average molecular weight is 537 g/mol. The quantitative estimate of drug-likeness (QED) is 0.191. The van der Waals surface area contributed by atoms with E-state index in [2.05, 4.69) is 17.2 Å². The molecule has 0 radical (unpaired) electrons. The van der Waals surface area contributed by atoms with Crippen LogP contribution in [-0.4, -0.2) is 35.1 Å². The highest BCUT2D eigenvalue weighted by Crippen LogP contribution is 2.36. The fourth-order valence-corrected chi connectivity index (χ4v) is 5.64. The standard InChI is InChI=1S/C34H36N2O4/c1-22-18-27-25-14-8-6-12-23(25)20-29(31(27)37)33(39)35-16-10-4-2-3-5-11-17-36-34(40)30-21-24-13-7-9-15-26(24)28(19-22)32(30)38/h6-9,12-15,20-21,37-38H,1-5,10-11,16-19H2,(H,35,39)(H,36,40). The summed E-state index contributed by atoms with van der Waals surface area (Å²) < 4.78 is 0. The van der Waals surface area contributed by atoms with E-state index in [1.165, 1.54) is 0 Å². The summed E-state index contributed by atoms with van der Waals surface area (Å²) in [5, 5.41) is 32.0. The number of hydrogen-bond donors (Lipinski definition) is 4. The molecule has 0 saturated carbocycles. The maximum Gasteiger partial charge on any atom is 0.255 e. The Morgan fingerprint density at radius 1 is 0.600 bits per heavy atom. The van der Waals surface area contributed by atoms with Crippen LogP contribution in [0.15, 0.2) is 72.8 Å². The Morgan fingerprint density at radius 3 is 1.45 bits per heavy atom. The number of nitrogens with one attached hydrogen (secondary N) is 2. The minimum Gasteiger partial charge on any atom is -0.507 e. The van der Waals surface area contributed by atoms with Crippen molar-refractivity contribution >= 4 is 33.4 Å². The second-order valence-electron chi connectivity index (χ2n) is 10.7. The summed E-state index contributed by atoms with van der Waals surface area (Å²) in [4.78, 5) is 26.2. The highest BCUT2D eigenvalue weighted by Gasteiger charge is 2.21. The summed E-state index contributed by atoms with van der Waals surface area (Å²) in [7, 11) is 0. The number of benzene rings is 4. The third kappa shape index (κ3) is 5.81. The highest BCUT2D eigenvalue weighted by molar-refractivity contribution is 6.04. The molecular weight excluding hydrogens is 500 g/mol. The minimum atomic E-state index is -0.290. The molecular formula is C34H36N2O4. The maximum atomic E-state index is 13.1. The van der Waals surface area contributed by atoms with E-state index in [-0.39, 0.29) is 34.4 Å². The first-order valence-corrected chi connectivity index (χ1v) is 14.1. The summed E-state index contributed by atoms with van der Waals surface area (Å²) in [6, 6.07) is 18.8. The van der Waals surface area contributed by atoms with Crippen molar-refractivity contribution in [1.82, 2.24) is 10.6 Å². The van der Waals surface area contributed by atoms with Crippen LogP contribution in [0.5, 0.6) is 11.5 Å². The summed E-state index contributed by atoms with van der Waals surface area (Å²) in [5.41, 5.74) is 2.48. The van der Waals surface area contributed by atoms with Crippen LogP contribution in [0.2, 0.25) is 0 Å². The van der Waals surface area contributed by atoms with Gasteiger partial charge in [0.1, 0.15) is 11.5 Å². The number of rotatable bonds is 0. The summed E-state index contributed by atoms with van der Waals surface area (Å²) >= 11 is 0. The predicted molar refractivity (Wildman–Crippen MR) is 160 cm³/mol. The zero-order valence-electron chi connectivity index (χ0n) is 22.8. The van der Waals surface area contributed by atoms with Crippen LogP contribution in [0.3, 0.4) is 0 Å². The van der Waals surface area contributed by atoms with Crippen molar-refractivity contribution in [1.29, 1.82) is 0 Å². The molecule has 0 unspecified atom stereocenters. The third-order valence-electron chi connectivity index (χ3n) is 7.77. The van der Waals surface area contributed by atoms with Crippen molar-refractivity contribution in [3.05, 3.63) is 95.1 Å². The van der Waals surface area contributed by atoms with Crippen molar-refractivity contribution in [2.75, 3.05) is 13.1 Å². The second-order valence-corrected chi connectivity index (χ2v) is 10.7. The highest BCUT2D eigenvalue weighted by atomic mass is 16.3. The topological polar surface area (TPSA) is 98.7 Å². The van der Waals surface area contributed by atoms with Crippen molar-refractivity contribution in [2.24, 2.45) is 0 Å². The van der Waals surface area contributed by atoms with Gasteiger partial charge in [-0.15, -0.1) is 0 Å². The zero-order chi connectivity index (χ0) is 28.1. The molecule has 6 heteroatoms. The molecule has 1 aliphatic rings. The molecule has 6 nitrogen and oxygen atoms in total. The molecule has 2 amide bonds. The number of hydrogen-bond acceptors (Lipinski definition) is 4. The summed E-state index contributed by atoms with van der Waals surface area (Å²) in [6.45, 7) is 5.39. The molecule has 0 fully saturated rings. The summed E-state index contributed by atoms with van der Waals surface area (Å²) in [6.07, 6.45) is 6.42. The smallest absolute Gasteiger partial charge is 0.255 e. The fraction of sp³-hybridized carbons (Fsp3) is 0.294. The first kappa shape index (κ1) is 27.3. The molecule has 0 aromatic heterocycles. The van der Waals surface area contributed by atoms with Crippen LogP contribution in [-0.2, 0) is 12.8 Å². The fourth-order valence-electron chi connectivity index (χ4n) is 5.64. The van der Waals surface area contributed by atoms with E-state index in [1.807, 2.05) is 48.5 Å². The Morgan fingerprint density at radius 2 is 1.00 bits per heavy atom. The Bertz CT molecular complexity index is 1470. The van der Waals surface area contributed by atoms with Gasteiger partial charge in [-0.25, -0.2) is 0 Å². The second kappa shape index (κ2) is 12.2. The van der Waals surface area contributed by atoms with Crippen LogP contribution < -0.4 is 10.6 Å². The molecule has 0 saturated heterocycles. The Balaban J connectivity index is 1.56. The molecule has 4 aromatic rings. The molecule has 0 aliphatic carbocycles. The molecule has 1 aliphatic heterocycles. The number of amides is 2. The van der Waals surface area contributed by atoms with Gasteiger partial charge in [-0.1, -0.05) is 86.4 Å². The van der Waals surface area contributed by atoms with Gasteiger partial charge >= 0.3 is 0 Å². The number of fused-ring (bicyclic) bond motifs is 8. The number of phenols is 2. The van der Waals surface area contributed by atoms with Gasteiger partial charge in [0.15, 0.2) is 0 Å². The summed E-state index contributed by atoms with van der Waals surface area (Å²) in [5.74, 6) is -0.681. The number of carbonyl (C=O) groups excluding carboxylic acids is 2. The number of phenolic OH excluding ortho intramolecular Hbond substituents is 2. The van der Waals surface area contributed by atoms with Crippen molar-refractivity contribution in [3.8, 4) is 11.5 Å². The number of carbonyl (C=O) groups is 2. The van der Waals surface area contributed by atoms with E-state index in [4.69, 9.17) is 0 Å². The third-order valence-corrected chi connectivity index (χ3v) is 7.77. The van der Waals surface area contributed by atoms with Crippen LogP contribution in [0.4, 0.5) is 0 Å². The lowest BCUT2D eigenvalue weighted by Crippen LogP contribution is -2.25. The van der Waals surface area contributed by atoms with Crippen LogP contribution in [0.1, 0.15) is 70.4 Å². The molecule has 0 spiro atoms. The molecule has 40 heavy (non-hydrogen) atoms. The molecule has 5 rings (SSSR count). The van der Waals surface area contributed by atoms with E-state index in [0.29, 0.717) is 37.1 Å². The molecule has 1 heterocycles. The lowest BCUT2D eigenvalue weighted by Gasteiger charge is -2.17. The number of allylic oxidation sites excluding steroid dienone is 1. The monoisotopic (exact) mass is 536 g/mol. The van der Waals surface area contributed by atoms with Crippen molar-refractivity contribution in [3.63, 3.8) is 0 Å². The van der Waals surface area contributed by atoms with Gasteiger partial charge in [-0.3, -0.25) is 9.59 Å². The Hall–Kier alpha value is -4.32. The predicted octanol–water partition coefficient (Wildman–Crippen LogP) is 6.56. The van der Waals surface area contributed by atoms with Gasteiger partial charge < -0.3 is 20.8 Å². The normalized spacial score (nSPS) is 16.2. The van der Waals surface area contributed by atoms with Gasteiger partial charge in [-0.05, 0) is 59.4 Å². The van der Waals surface area contributed by atoms with Gasteiger partial charge in [0.2, 0.25) is 0 Å². The first-order chi connectivity index (χ1) is 19.4. The van der Waals surface area contributed by atoms with E-state index in [1.54, 1.807) is 12.1 Å². The van der Waals surface area contributed by atoms with Crippen molar-refractivity contribution < 1.29 is 19.8 Å². The van der Waals surface area contributed by atoms with Crippen LogP contribution in [0.25, 0.3) is 21.5 Å². The first-order valence-electron chi connectivity index (χ1n) is 14.1. The van der Waals surface area contributed by atoms with Gasteiger partial charge in [0.05, 0.1) is 11.1 Å². The Labute approximate surface area is 234 Å². The van der Waals surface area contributed by atoms with Gasteiger partial charge in [-0.2, -0.15) is 0 Å². The average Bonchev–Trinajstić information content (AvgIpc) is 2.96. The van der Waals surface area contributed by atoms with E-state index < -0.39 is 0 Å². The largest absolute Gasteiger partial charge is 0.507 e. The molecule has 4 bridgehead atoms. The molecule has 206 valence electrons. The SMILES string of the molecule is C=C1Cc2c(O)c(cc3ccccc23)C(=O)NCCCCCCCCNC(=O)c2cc3ccccc3c(c2O)C1. The lowest BCUT2D eigenvalue weighted by molar-refractivity contribution is 0.0941. The Kier molecular flexibility index (Phi) is 8.34. The van der Waals surface area contributed by atoms with Gasteiger partial charge in [0.25, 0.3) is 11.8 Å². The maximum absolute atomic E-state index is 13.1.